The Hall–Kier alpha value is -1.84. The molecule has 0 saturated carbocycles. The molecule has 1 aromatic carbocycles. The normalized spacial score (nSPS) is 11.7. The van der Waals surface area contributed by atoms with Gasteiger partial charge in [-0.2, -0.15) is 0 Å². The summed E-state index contributed by atoms with van der Waals surface area (Å²) in [7, 11) is 0. The molecular formula is C15H17AsN4O. The molecule has 108 valence electrons. The van der Waals surface area contributed by atoms with Crippen LogP contribution < -0.4 is 10.1 Å². The van der Waals surface area contributed by atoms with E-state index in [1.807, 2.05) is 29.1 Å². The molecule has 0 bridgehead atoms. The number of hydrogen-bond donors (Lipinski definition) is 2. The van der Waals surface area contributed by atoms with Gasteiger partial charge in [0.2, 0.25) is 0 Å². The van der Waals surface area contributed by atoms with E-state index in [2.05, 4.69) is 22.2 Å². The van der Waals surface area contributed by atoms with Crippen molar-refractivity contribution in [2.45, 2.75) is 11.6 Å². The van der Waals surface area contributed by atoms with E-state index in [0.29, 0.717) is 5.82 Å². The van der Waals surface area contributed by atoms with Crippen LogP contribution >= 0.6 is 0 Å². The fraction of sp³-hybridized carbons (Fsp3) is 0.200. The number of aliphatic hydroxyl groups excluding tert-OH is 1. The van der Waals surface area contributed by atoms with Crippen molar-refractivity contribution in [3.63, 3.8) is 0 Å². The second kappa shape index (κ2) is 6.29. The molecule has 0 saturated heterocycles. The van der Waals surface area contributed by atoms with Gasteiger partial charge in [0.25, 0.3) is 0 Å². The first-order chi connectivity index (χ1) is 10.3. The van der Waals surface area contributed by atoms with Gasteiger partial charge in [0, 0.05) is 0 Å². The van der Waals surface area contributed by atoms with Crippen molar-refractivity contribution < 1.29 is 5.11 Å². The van der Waals surface area contributed by atoms with Gasteiger partial charge in [0.15, 0.2) is 0 Å². The zero-order valence-electron chi connectivity index (χ0n) is 11.5. The third-order valence-corrected chi connectivity index (χ3v) is 6.17. The van der Waals surface area contributed by atoms with Crippen molar-refractivity contribution >= 4 is 36.8 Å². The van der Waals surface area contributed by atoms with Crippen LogP contribution in [0.5, 0.6) is 0 Å². The summed E-state index contributed by atoms with van der Waals surface area (Å²) in [6.07, 6.45) is 4.52. The fourth-order valence-electron chi connectivity index (χ4n) is 2.25. The van der Waals surface area contributed by atoms with Crippen LogP contribution in [-0.2, 0) is 0 Å². The Labute approximate surface area is 129 Å². The monoisotopic (exact) mass is 344 g/mol. The third-order valence-electron chi connectivity index (χ3n) is 3.23. The molecule has 6 heteroatoms. The number of aromatic nitrogens is 3. The zero-order chi connectivity index (χ0) is 14.7. The minimum absolute atomic E-state index is 0.255. The summed E-state index contributed by atoms with van der Waals surface area (Å²) in [5.41, 5.74) is 7.82. The fourth-order valence-corrected chi connectivity index (χ4v) is 4.88. The summed E-state index contributed by atoms with van der Waals surface area (Å²) in [6.45, 7) is 0.255. The number of aliphatic hydroxyl groups is 1. The standard InChI is InChI=1S/C15H17AsN4O/c17-15-10-13(16-5-1-8-21)12-4-3-11(9-14(12)19-15)20-7-2-6-18-20/h2-4,6-7,9-10,16,21H,1,5,8H2,(H2,17,19). The van der Waals surface area contributed by atoms with E-state index in [0.717, 1.165) is 28.2 Å². The molecule has 0 fully saturated rings. The van der Waals surface area contributed by atoms with Gasteiger partial charge in [-0.25, -0.2) is 0 Å². The van der Waals surface area contributed by atoms with Crippen molar-refractivity contribution in [3.05, 3.63) is 42.7 Å². The van der Waals surface area contributed by atoms with E-state index in [9.17, 15) is 0 Å². The van der Waals surface area contributed by atoms with Crippen molar-refractivity contribution in [2.24, 2.45) is 0 Å². The first-order valence-corrected chi connectivity index (χ1v) is 9.36. The Bertz CT molecular complexity index is 743. The number of anilines is 1. The number of nitrogens with zero attached hydrogens (tertiary/aromatic N) is 3. The summed E-state index contributed by atoms with van der Waals surface area (Å²) >= 11 is -0.300. The molecule has 0 aliphatic heterocycles. The van der Waals surface area contributed by atoms with Gasteiger partial charge in [-0.05, 0) is 0 Å². The number of pyridine rings is 1. The Morgan fingerprint density at radius 1 is 1.29 bits per heavy atom. The van der Waals surface area contributed by atoms with Gasteiger partial charge >= 0.3 is 129 Å². The molecule has 5 nitrogen and oxygen atoms in total. The van der Waals surface area contributed by atoms with Crippen LogP contribution in [0.15, 0.2) is 42.7 Å². The number of nitrogens with two attached hydrogens (primary N) is 1. The first-order valence-electron chi connectivity index (χ1n) is 6.83. The SMILES string of the molecule is Nc1cc([AsH]CCCO)c2ccc(-n3cccn3)cc2n1. The van der Waals surface area contributed by atoms with Crippen LogP contribution in [0.4, 0.5) is 5.82 Å². The number of hydrogen-bond acceptors (Lipinski definition) is 4. The molecule has 0 radical (unpaired) electrons. The van der Waals surface area contributed by atoms with E-state index < -0.39 is 0 Å². The molecule has 1 unspecified atom stereocenters. The van der Waals surface area contributed by atoms with Gasteiger partial charge in [0.05, 0.1) is 0 Å². The number of nitrogen functional groups attached to an aromatic ring is 1. The minimum atomic E-state index is -0.300. The summed E-state index contributed by atoms with van der Waals surface area (Å²) in [6, 6.07) is 10.0. The summed E-state index contributed by atoms with van der Waals surface area (Å²) < 4.78 is 3.12. The summed E-state index contributed by atoms with van der Waals surface area (Å²) in [4.78, 5) is 4.44. The van der Waals surface area contributed by atoms with Crippen LogP contribution in [0.25, 0.3) is 16.6 Å². The molecule has 0 spiro atoms. The second-order valence-corrected chi connectivity index (χ2v) is 7.67. The van der Waals surface area contributed by atoms with Crippen LogP contribution in [0.3, 0.4) is 0 Å². The number of fused-ring (bicyclic) bond motifs is 1. The van der Waals surface area contributed by atoms with E-state index in [1.165, 1.54) is 4.35 Å². The zero-order valence-corrected chi connectivity index (χ0v) is 13.6. The second-order valence-electron chi connectivity index (χ2n) is 4.75. The Morgan fingerprint density at radius 2 is 2.19 bits per heavy atom. The number of rotatable bonds is 5. The molecule has 3 rings (SSSR count). The van der Waals surface area contributed by atoms with Gasteiger partial charge in [-0.3, -0.25) is 0 Å². The first kappa shape index (κ1) is 14.1. The van der Waals surface area contributed by atoms with Crippen molar-refractivity contribution in [2.75, 3.05) is 12.3 Å². The van der Waals surface area contributed by atoms with Gasteiger partial charge in [0.1, 0.15) is 0 Å². The van der Waals surface area contributed by atoms with Crippen molar-refractivity contribution in [1.82, 2.24) is 14.8 Å². The third kappa shape index (κ3) is 3.09. The Balaban J connectivity index is 2.01. The quantitative estimate of drug-likeness (QED) is 0.532. The summed E-state index contributed by atoms with van der Waals surface area (Å²) in [5, 5.41) is 15.4. The maximum absolute atomic E-state index is 8.93. The molecule has 0 aliphatic rings. The molecular weight excluding hydrogens is 327 g/mol. The van der Waals surface area contributed by atoms with Crippen LogP contribution in [0.1, 0.15) is 6.42 Å². The average molecular weight is 344 g/mol. The molecule has 2 heterocycles. The van der Waals surface area contributed by atoms with E-state index in [4.69, 9.17) is 10.8 Å². The predicted octanol–water partition coefficient (Wildman–Crippen LogP) is 0.865. The van der Waals surface area contributed by atoms with Crippen LogP contribution in [-0.4, -0.2) is 42.2 Å². The summed E-state index contributed by atoms with van der Waals surface area (Å²) in [5.74, 6) is 0.558. The molecule has 2 aromatic heterocycles. The molecule has 0 aliphatic carbocycles. The average Bonchev–Trinajstić information content (AvgIpc) is 3.01. The van der Waals surface area contributed by atoms with Gasteiger partial charge < -0.3 is 0 Å². The molecule has 3 N–H and O–H groups in total. The van der Waals surface area contributed by atoms with Crippen LogP contribution in [0.2, 0.25) is 5.21 Å². The van der Waals surface area contributed by atoms with Crippen molar-refractivity contribution in [3.8, 4) is 5.69 Å². The van der Waals surface area contributed by atoms with E-state index in [1.54, 1.807) is 6.20 Å². The number of benzene rings is 1. The van der Waals surface area contributed by atoms with E-state index in [-0.39, 0.29) is 22.4 Å². The molecule has 1 atom stereocenters. The predicted molar refractivity (Wildman–Crippen MR) is 86.6 cm³/mol. The Kier molecular flexibility index (Phi) is 4.23. The molecule has 0 amide bonds. The Morgan fingerprint density at radius 3 is 2.95 bits per heavy atom. The van der Waals surface area contributed by atoms with Gasteiger partial charge in [-0.15, -0.1) is 0 Å². The van der Waals surface area contributed by atoms with Gasteiger partial charge in [-0.1, -0.05) is 0 Å². The molecule has 3 aromatic rings. The topological polar surface area (TPSA) is 77.0 Å². The van der Waals surface area contributed by atoms with Crippen LogP contribution in [0, 0.1) is 0 Å². The van der Waals surface area contributed by atoms with Crippen molar-refractivity contribution in [1.29, 1.82) is 0 Å². The molecule has 21 heavy (non-hydrogen) atoms. The maximum atomic E-state index is 8.93. The van der Waals surface area contributed by atoms with E-state index >= 15 is 0 Å².